The third kappa shape index (κ3) is 2.39. The molecule has 5 nitrogen and oxygen atoms in total. The highest BCUT2D eigenvalue weighted by atomic mass is 19.1. The first kappa shape index (κ1) is 14.3. The Kier molecular flexibility index (Phi) is 3.61. The van der Waals surface area contributed by atoms with Gasteiger partial charge >= 0.3 is 0 Å². The predicted octanol–water partition coefficient (Wildman–Crippen LogP) is 1.65. The van der Waals surface area contributed by atoms with Crippen molar-refractivity contribution in [3.8, 4) is 0 Å². The molecule has 21 heavy (non-hydrogen) atoms. The number of aromatic nitrogens is 1. The van der Waals surface area contributed by atoms with E-state index in [2.05, 4.69) is 15.6 Å². The maximum absolute atomic E-state index is 14.5. The van der Waals surface area contributed by atoms with Crippen molar-refractivity contribution in [2.45, 2.75) is 32.5 Å². The lowest BCUT2D eigenvalue weighted by atomic mass is 10.0. The molecule has 6 heteroatoms. The number of anilines is 1. The summed E-state index contributed by atoms with van der Waals surface area (Å²) in [6.07, 6.45) is -0.244. The number of aliphatic hydroxyl groups excluding tert-OH is 1. The molecule has 0 aliphatic carbocycles. The Morgan fingerprint density at radius 1 is 1.48 bits per heavy atom. The monoisotopic (exact) mass is 292 g/mol. The van der Waals surface area contributed by atoms with Gasteiger partial charge in [-0.05, 0) is 38.4 Å². The normalized spacial score (nSPS) is 20.1. The van der Waals surface area contributed by atoms with Gasteiger partial charge in [0.2, 0.25) is 0 Å². The lowest BCUT2D eigenvalue weighted by molar-refractivity contribution is 0.187. The fourth-order valence-electron chi connectivity index (χ4n) is 3.00. The first-order valence-corrected chi connectivity index (χ1v) is 7.21. The number of nitrogens with two attached hydrogens (primary N) is 1. The van der Waals surface area contributed by atoms with Crippen LogP contribution in [0.1, 0.15) is 29.5 Å². The molecule has 1 aliphatic heterocycles. The minimum absolute atomic E-state index is 0.214. The van der Waals surface area contributed by atoms with Gasteiger partial charge in [-0.25, -0.2) is 4.39 Å². The van der Waals surface area contributed by atoms with Crippen molar-refractivity contribution >= 4 is 16.6 Å². The molecular weight excluding hydrogens is 271 g/mol. The van der Waals surface area contributed by atoms with Gasteiger partial charge in [-0.3, -0.25) is 0 Å². The van der Waals surface area contributed by atoms with E-state index >= 15 is 0 Å². The highest BCUT2D eigenvalue weighted by Gasteiger charge is 2.22. The van der Waals surface area contributed by atoms with Crippen LogP contribution in [0.15, 0.2) is 6.07 Å². The van der Waals surface area contributed by atoms with Gasteiger partial charge in [0.25, 0.3) is 0 Å². The summed E-state index contributed by atoms with van der Waals surface area (Å²) in [6.45, 7) is 5.64. The summed E-state index contributed by atoms with van der Waals surface area (Å²) in [5, 5.41) is 17.0. The second kappa shape index (κ2) is 5.29. The minimum Gasteiger partial charge on any atom is -0.378 e. The molecule has 2 atom stereocenters. The summed E-state index contributed by atoms with van der Waals surface area (Å²) in [5.74, 6) is -0.379. The van der Waals surface area contributed by atoms with E-state index in [1.807, 2.05) is 13.8 Å². The molecule has 1 aromatic heterocycles. The third-order valence-corrected chi connectivity index (χ3v) is 4.29. The molecule has 0 bridgehead atoms. The smallest absolute Gasteiger partial charge is 0.147 e. The summed E-state index contributed by atoms with van der Waals surface area (Å²) in [4.78, 5) is 3.21. The van der Waals surface area contributed by atoms with Crippen LogP contribution >= 0.6 is 0 Å². The summed E-state index contributed by atoms with van der Waals surface area (Å²) in [6, 6.07) is 1.53. The first-order chi connectivity index (χ1) is 9.99. The zero-order valence-corrected chi connectivity index (χ0v) is 12.3. The zero-order valence-electron chi connectivity index (χ0n) is 12.3. The zero-order chi connectivity index (χ0) is 15.1. The molecule has 3 rings (SSSR count). The van der Waals surface area contributed by atoms with E-state index in [1.165, 1.54) is 6.07 Å². The Balaban J connectivity index is 2.18. The molecule has 1 saturated heterocycles. The molecule has 0 radical (unpaired) electrons. The van der Waals surface area contributed by atoms with Gasteiger partial charge in [-0.1, -0.05) is 0 Å². The van der Waals surface area contributed by atoms with Crippen molar-refractivity contribution in [1.29, 1.82) is 0 Å². The van der Waals surface area contributed by atoms with Crippen molar-refractivity contribution in [2.24, 2.45) is 5.73 Å². The lowest BCUT2D eigenvalue weighted by Crippen LogP contribution is -2.23. The number of rotatable bonds is 3. The molecule has 0 saturated carbocycles. The second-order valence-electron chi connectivity index (χ2n) is 5.73. The van der Waals surface area contributed by atoms with Crippen molar-refractivity contribution in [2.75, 3.05) is 18.4 Å². The number of hydrogen-bond acceptors (Lipinski definition) is 4. The maximum atomic E-state index is 14.5. The predicted molar refractivity (Wildman–Crippen MR) is 81.8 cm³/mol. The van der Waals surface area contributed by atoms with E-state index in [0.29, 0.717) is 16.8 Å². The number of hydrogen-bond donors (Lipinski definition) is 5. The van der Waals surface area contributed by atoms with E-state index in [0.717, 1.165) is 36.2 Å². The van der Waals surface area contributed by atoms with Crippen LogP contribution in [0.2, 0.25) is 0 Å². The molecule has 0 amide bonds. The molecule has 1 aliphatic rings. The van der Waals surface area contributed by atoms with Crippen LogP contribution in [-0.4, -0.2) is 29.2 Å². The summed E-state index contributed by atoms with van der Waals surface area (Å²) >= 11 is 0. The average Bonchev–Trinajstić information content (AvgIpc) is 3.02. The fraction of sp³-hybridized carbons (Fsp3) is 0.467. The number of halogens is 1. The molecule has 114 valence electrons. The van der Waals surface area contributed by atoms with Crippen LogP contribution in [0.5, 0.6) is 0 Å². The van der Waals surface area contributed by atoms with Crippen LogP contribution in [0.25, 0.3) is 10.9 Å². The first-order valence-electron chi connectivity index (χ1n) is 7.21. The summed E-state index contributed by atoms with van der Waals surface area (Å²) in [5.41, 5.74) is 9.06. The van der Waals surface area contributed by atoms with Gasteiger partial charge < -0.3 is 26.5 Å². The molecule has 0 spiro atoms. The van der Waals surface area contributed by atoms with Gasteiger partial charge in [-0.2, -0.15) is 0 Å². The van der Waals surface area contributed by atoms with Crippen LogP contribution < -0.4 is 16.4 Å². The highest BCUT2D eigenvalue weighted by Crippen LogP contribution is 2.35. The summed E-state index contributed by atoms with van der Waals surface area (Å²) < 4.78 is 14.5. The van der Waals surface area contributed by atoms with E-state index in [4.69, 9.17) is 5.73 Å². The van der Waals surface area contributed by atoms with Crippen molar-refractivity contribution in [1.82, 2.24) is 10.3 Å². The van der Waals surface area contributed by atoms with Gasteiger partial charge in [0.1, 0.15) is 12.0 Å². The van der Waals surface area contributed by atoms with Gasteiger partial charge in [0.15, 0.2) is 0 Å². The van der Waals surface area contributed by atoms with Crippen LogP contribution in [0.4, 0.5) is 10.1 Å². The Labute approximate surface area is 122 Å². The van der Waals surface area contributed by atoms with Crippen molar-refractivity contribution in [3.63, 3.8) is 0 Å². The Hall–Kier alpha value is -1.63. The number of nitrogens with one attached hydrogen (secondary N) is 3. The van der Waals surface area contributed by atoms with E-state index in [1.54, 1.807) is 0 Å². The quantitative estimate of drug-likeness (QED) is 0.557. The molecule has 1 fully saturated rings. The Bertz CT molecular complexity index is 674. The van der Waals surface area contributed by atoms with Gasteiger partial charge in [-0.15, -0.1) is 0 Å². The molecule has 6 N–H and O–H groups in total. The standard InChI is InChI=1S/C15H21FN4O/c1-7-8(2)19-13-10(15(17)21)5-11(16)14(12(7)13)20-9-3-4-18-6-9/h5,9,15,18-21H,3-4,6,17H2,1-2H3. The third-order valence-electron chi connectivity index (χ3n) is 4.29. The van der Waals surface area contributed by atoms with E-state index in [9.17, 15) is 9.50 Å². The van der Waals surface area contributed by atoms with Crippen molar-refractivity contribution < 1.29 is 9.50 Å². The number of fused-ring (bicyclic) bond motifs is 1. The molecule has 2 aromatic rings. The molecule has 2 heterocycles. The summed E-state index contributed by atoms with van der Waals surface area (Å²) in [7, 11) is 0. The highest BCUT2D eigenvalue weighted by molar-refractivity contribution is 5.98. The largest absolute Gasteiger partial charge is 0.378 e. The van der Waals surface area contributed by atoms with E-state index < -0.39 is 6.23 Å². The van der Waals surface area contributed by atoms with E-state index in [-0.39, 0.29) is 11.9 Å². The molecule has 1 aromatic carbocycles. The molecule has 2 unspecified atom stereocenters. The fourth-order valence-corrected chi connectivity index (χ4v) is 3.00. The average molecular weight is 292 g/mol. The number of aliphatic hydroxyl groups is 1. The Morgan fingerprint density at radius 2 is 2.24 bits per heavy atom. The van der Waals surface area contributed by atoms with Crippen LogP contribution in [0.3, 0.4) is 0 Å². The minimum atomic E-state index is -1.21. The van der Waals surface area contributed by atoms with Crippen molar-refractivity contribution in [3.05, 3.63) is 28.7 Å². The number of benzene rings is 1. The number of aryl methyl sites for hydroxylation is 2. The maximum Gasteiger partial charge on any atom is 0.147 e. The van der Waals surface area contributed by atoms with Crippen LogP contribution in [-0.2, 0) is 0 Å². The topological polar surface area (TPSA) is 86.1 Å². The van der Waals surface area contributed by atoms with Crippen LogP contribution in [0, 0.1) is 19.7 Å². The Morgan fingerprint density at radius 3 is 2.86 bits per heavy atom. The lowest BCUT2D eigenvalue weighted by Gasteiger charge is -2.17. The number of H-pyrrole nitrogens is 1. The second-order valence-corrected chi connectivity index (χ2v) is 5.73. The van der Waals surface area contributed by atoms with Gasteiger partial charge in [0, 0.05) is 29.2 Å². The molecular formula is C15H21FN4O. The number of aromatic amines is 1. The van der Waals surface area contributed by atoms with Gasteiger partial charge in [0.05, 0.1) is 11.2 Å². The SMILES string of the molecule is Cc1[nH]c2c(C(N)O)cc(F)c(NC3CCNC3)c2c1C.